The van der Waals surface area contributed by atoms with Gasteiger partial charge in [-0.25, -0.2) is 8.42 Å². The number of hydrogen-bond donors (Lipinski definition) is 2. The number of carbonyl (C=O) groups is 2. The third kappa shape index (κ3) is 3.77. The fourth-order valence-electron chi connectivity index (χ4n) is 4.30. The standard InChI is InChI=1S/C25H23N3O5S/c1-15-12-17-6-3-4-9-22(17)28(15)34(31,32)20-8-5-7-18(13-20)25(30)26-19-10-11-23-21(14-19)27-24(29)16(2)33-23/h3-11,13-16H,12H2,1-2H3,(H,26,30)(H,27,29). The number of carbonyl (C=O) groups excluding carboxylic acids is 2. The van der Waals surface area contributed by atoms with Gasteiger partial charge in [0.15, 0.2) is 6.10 Å². The molecule has 2 aliphatic rings. The summed E-state index contributed by atoms with van der Waals surface area (Å²) < 4.78 is 33.9. The summed E-state index contributed by atoms with van der Waals surface area (Å²) in [6.45, 7) is 3.52. The Balaban J connectivity index is 1.40. The van der Waals surface area contributed by atoms with Crippen molar-refractivity contribution in [2.45, 2.75) is 37.3 Å². The second-order valence-electron chi connectivity index (χ2n) is 8.42. The van der Waals surface area contributed by atoms with E-state index in [1.54, 1.807) is 43.3 Å². The highest BCUT2D eigenvalue weighted by molar-refractivity contribution is 7.92. The van der Waals surface area contributed by atoms with Gasteiger partial charge < -0.3 is 15.4 Å². The Morgan fingerprint density at radius 1 is 1.06 bits per heavy atom. The van der Waals surface area contributed by atoms with Crippen molar-refractivity contribution in [3.63, 3.8) is 0 Å². The number of anilines is 3. The van der Waals surface area contributed by atoms with Gasteiger partial charge in [0.2, 0.25) is 0 Å². The topological polar surface area (TPSA) is 105 Å². The van der Waals surface area contributed by atoms with Crippen molar-refractivity contribution in [1.29, 1.82) is 0 Å². The number of sulfonamides is 1. The molecule has 174 valence electrons. The molecule has 0 aromatic heterocycles. The van der Waals surface area contributed by atoms with Crippen LogP contribution in [0.3, 0.4) is 0 Å². The van der Waals surface area contributed by atoms with Gasteiger partial charge in [0, 0.05) is 17.3 Å². The van der Waals surface area contributed by atoms with Crippen LogP contribution in [0.5, 0.6) is 5.75 Å². The maximum atomic E-state index is 13.5. The number of fused-ring (bicyclic) bond motifs is 2. The molecule has 0 aliphatic carbocycles. The quantitative estimate of drug-likeness (QED) is 0.595. The maximum absolute atomic E-state index is 13.5. The van der Waals surface area contributed by atoms with Gasteiger partial charge in [-0.3, -0.25) is 13.9 Å². The van der Waals surface area contributed by atoms with Gasteiger partial charge in [0.05, 0.1) is 16.3 Å². The lowest BCUT2D eigenvalue weighted by Crippen LogP contribution is -2.35. The molecule has 9 heteroatoms. The SMILES string of the molecule is CC1Oc2ccc(NC(=O)c3cccc(S(=O)(=O)N4c5ccccc5CC4C)c3)cc2NC1=O. The van der Waals surface area contributed by atoms with E-state index < -0.39 is 22.0 Å². The van der Waals surface area contributed by atoms with Gasteiger partial charge >= 0.3 is 0 Å². The molecule has 0 fully saturated rings. The lowest BCUT2D eigenvalue weighted by molar-refractivity contribution is -0.122. The fraction of sp³-hybridized carbons (Fsp3) is 0.200. The molecule has 3 aromatic rings. The number of nitrogens with zero attached hydrogens (tertiary/aromatic N) is 1. The Kier molecular flexibility index (Phi) is 5.28. The summed E-state index contributed by atoms with van der Waals surface area (Å²) in [4.78, 5) is 24.8. The first-order chi connectivity index (χ1) is 16.2. The van der Waals surface area contributed by atoms with E-state index in [4.69, 9.17) is 4.74 Å². The first-order valence-electron chi connectivity index (χ1n) is 10.9. The highest BCUT2D eigenvalue weighted by Gasteiger charge is 2.36. The number of nitrogens with one attached hydrogen (secondary N) is 2. The van der Waals surface area contributed by atoms with Crippen LogP contribution in [0.4, 0.5) is 17.1 Å². The van der Waals surface area contributed by atoms with Gasteiger partial charge in [0.1, 0.15) is 5.75 Å². The average molecular weight is 478 g/mol. The van der Waals surface area contributed by atoms with Gasteiger partial charge in [0.25, 0.3) is 21.8 Å². The minimum absolute atomic E-state index is 0.0452. The predicted molar refractivity (Wildman–Crippen MR) is 129 cm³/mol. The Morgan fingerprint density at radius 3 is 2.68 bits per heavy atom. The average Bonchev–Trinajstić information content (AvgIpc) is 3.16. The monoisotopic (exact) mass is 477 g/mol. The van der Waals surface area contributed by atoms with Crippen molar-refractivity contribution in [3.8, 4) is 5.75 Å². The van der Waals surface area contributed by atoms with Crippen LogP contribution in [-0.4, -0.2) is 32.4 Å². The van der Waals surface area contributed by atoms with E-state index in [0.717, 1.165) is 5.56 Å². The van der Waals surface area contributed by atoms with E-state index in [-0.39, 0.29) is 22.4 Å². The summed E-state index contributed by atoms with van der Waals surface area (Å²) in [5.41, 5.74) is 2.74. The Hall–Kier alpha value is -3.85. The van der Waals surface area contributed by atoms with Gasteiger partial charge in [-0.15, -0.1) is 0 Å². The molecule has 2 atom stereocenters. The molecule has 3 aromatic carbocycles. The molecular formula is C25H23N3O5S. The smallest absolute Gasteiger partial charge is 0.265 e. The summed E-state index contributed by atoms with van der Waals surface area (Å²) in [7, 11) is -3.86. The van der Waals surface area contributed by atoms with E-state index in [1.165, 1.54) is 16.4 Å². The lowest BCUT2D eigenvalue weighted by Gasteiger charge is -2.24. The number of ether oxygens (including phenoxy) is 1. The Labute approximate surface area is 197 Å². The summed E-state index contributed by atoms with van der Waals surface area (Å²) in [6, 6.07) is 18.1. The molecule has 0 spiro atoms. The van der Waals surface area contributed by atoms with Crippen LogP contribution in [0.2, 0.25) is 0 Å². The number of benzene rings is 3. The molecule has 2 heterocycles. The molecule has 0 saturated carbocycles. The second-order valence-corrected chi connectivity index (χ2v) is 10.2. The minimum atomic E-state index is -3.86. The summed E-state index contributed by atoms with van der Waals surface area (Å²) in [5.74, 6) is -0.229. The van der Waals surface area contributed by atoms with Crippen molar-refractivity contribution < 1.29 is 22.7 Å². The van der Waals surface area contributed by atoms with E-state index in [1.807, 2.05) is 25.1 Å². The number of rotatable bonds is 4. The van der Waals surface area contributed by atoms with Crippen LogP contribution < -0.4 is 19.7 Å². The van der Waals surface area contributed by atoms with E-state index in [9.17, 15) is 18.0 Å². The van der Waals surface area contributed by atoms with Crippen molar-refractivity contribution in [1.82, 2.24) is 0 Å². The first kappa shape index (κ1) is 22.0. The first-order valence-corrected chi connectivity index (χ1v) is 12.3. The maximum Gasteiger partial charge on any atom is 0.265 e. The lowest BCUT2D eigenvalue weighted by atomic mass is 10.1. The molecule has 0 bridgehead atoms. The van der Waals surface area contributed by atoms with Gasteiger partial charge in [-0.1, -0.05) is 24.3 Å². The normalized spacial score (nSPS) is 19.0. The number of hydrogen-bond acceptors (Lipinski definition) is 5. The third-order valence-corrected chi connectivity index (χ3v) is 7.89. The highest BCUT2D eigenvalue weighted by Crippen LogP contribution is 2.37. The third-order valence-electron chi connectivity index (χ3n) is 5.97. The van der Waals surface area contributed by atoms with Crippen molar-refractivity contribution in [2.24, 2.45) is 0 Å². The molecule has 5 rings (SSSR count). The number of para-hydroxylation sites is 1. The van der Waals surface area contributed by atoms with Crippen molar-refractivity contribution >= 4 is 38.9 Å². The van der Waals surface area contributed by atoms with Crippen molar-refractivity contribution in [2.75, 3.05) is 14.9 Å². The van der Waals surface area contributed by atoms with Crippen LogP contribution in [0.1, 0.15) is 29.8 Å². The van der Waals surface area contributed by atoms with Crippen LogP contribution in [0.25, 0.3) is 0 Å². The summed E-state index contributed by atoms with van der Waals surface area (Å²) in [5, 5.41) is 5.49. The second kappa shape index (κ2) is 8.18. The molecule has 2 aliphatic heterocycles. The molecular weight excluding hydrogens is 454 g/mol. The van der Waals surface area contributed by atoms with Crippen LogP contribution in [-0.2, 0) is 21.2 Å². The van der Waals surface area contributed by atoms with Crippen LogP contribution in [0, 0.1) is 0 Å². The van der Waals surface area contributed by atoms with Crippen LogP contribution in [0.15, 0.2) is 71.6 Å². The highest BCUT2D eigenvalue weighted by atomic mass is 32.2. The number of amides is 2. The molecule has 2 unspecified atom stereocenters. The molecule has 0 saturated heterocycles. The summed E-state index contributed by atoms with van der Waals surface area (Å²) >= 11 is 0. The Bertz CT molecular complexity index is 1420. The molecule has 8 nitrogen and oxygen atoms in total. The van der Waals surface area contributed by atoms with E-state index in [0.29, 0.717) is 29.2 Å². The molecule has 34 heavy (non-hydrogen) atoms. The van der Waals surface area contributed by atoms with Gasteiger partial charge in [-0.2, -0.15) is 0 Å². The zero-order chi connectivity index (χ0) is 24.0. The van der Waals surface area contributed by atoms with Crippen molar-refractivity contribution in [3.05, 3.63) is 77.9 Å². The largest absolute Gasteiger partial charge is 0.479 e. The predicted octanol–water partition coefficient (Wildman–Crippen LogP) is 3.80. The molecule has 0 radical (unpaired) electrons. The van der Waals surface area contributed by atoms with Crippen LogP contribution >= 0.6 is 0 Å². The Morgan fingerprint density at radius 2 is 1.85 bits per heavy atom. The molecule has 2 N–H and O–H groups in total. The fourth-order valence-corrected chi connectivity index (χ4v) is 6.04. The van der Waals surface area contributed by atoms with Gasteiger partial charge in [-0.05, 0) is 68.3 Å². The molecule has 2 amide bonds. The van der Waals surface area contributed by atoms with E-state index in [2.05, 4.69) is 10.6 Å². The summed E-state index contributed by atoms with van der Waals surface area (Å²) in [6.07, 6.45) is 0.0374. The minimum Gasteiger partial charge on any atom is -0.479 e. The zero-order valence-electron chi connectivity index (χ0n) is 18.6. The van der Waals surface area contributed by atoms with E-state index >= 15 is 0 Å². The zero-order valence-corrected chi connectivity index (χ0v) is 19.4.